The number of sulfonamides is 1. The first-order valence-corrected chi connectivity index (χ1v) is 12.9. The van der Waals surface area contributed by atoms with Crippen molar-refractivity contribution in [2.45, 2.75) is 40.0 Å². The highest BCUT2D eigenvalue weighted by Gasteiger charge is 2.40. The fourth-order valence-corrected chi connectivity index (χ4v) is 7.33. The van der Waals surface area contributed by atoms with E-state index in [9.17, 15) is 18.7 Å². The van der Waals surface area contributed by atoms with Crippen molar-refractivity contribution in [2.75, 3.05) is 25.2 Å². The molecule has 1 unspecified atom stereocenters. The summed E-state index contributed by atoms with van der Waals surface area (Å²) in [5.41, 5.74) is 0.348. The standard InChI is InChI=1S/C21H26ClN3O4S2/c1-25(27)15-3-5-20(30-17-9-14(22)8-16(26)11-17)21(10-15)31(28,29)24-19-12-23-7-6-13-2-4-18(13)19/h3,5,8-11,13,18-19,23-24,26-27H,2,4,6-7,12H2,1H3/p-1/t13?,18-,19+/m1/s1. The number of nitrogens with one attached hydrogen (secondary N) is 2. The van der Waals surface area contributed by atoms with Crippen molar-refractivity contribution >= 4 is 39.1 Å². The summed E-state index contributed by atoms with van der Waals surface area (Å²) in [5, 5.41) is 26.2. The van der Waals surface area contributed by atoms with Crippen LogP contribution < -0.4 is 20.2 Å². The normalized spacial score (nSPS) is 23.5. The summed E-state index contributed by atoms with van der Waals surface area (Å²) >= 11 is 7.15. The highest BCUT2D eigenvalue weighted by atomic mass is 35.5. The molecule has 0 spiro atoms. The number of rotatable bonds is 6. The van der Waals surface area contributed by atoms with Gasteiger partial charge in [0.05, 0.1) is 10.6 Å². The molecule has 31 heavy (non-hydrogen) atoms. The second-order valence-electron chi connectivity index (χ2n) is 8.10. The van der Waals surface area contributed by atoms with Gasteiger partial charge >= 0.3 is 0 Å². The molecule has 4 rings (SSSR count). The summed E-state index contributed by atoms with van der Waals surface area (Å²) in [4.78, 5) is 1.06. The first-order valence-electron chi connectivity index (χ1n) is 10.2. The molecule has 1 heterocycles. The van der Waals surface area contributed by atoms with Gasteiger partial charge in [0.15, 0.2) is 0 Å². The van der Waals surface area contributed by atoms with Crippen LogP contribution in [-0.2, 0) is 10.0 Å². The number of benzene rings is 2. The van der Waals surface area contributed by atoms with E-state index >= 15 is 0 Å². The molecule has 0 aromatic heterocycles. The molecule has 3 atom stereocenters. The maximum Gasteiger partial charge on any atom is 0.242 e. The minimum Gasteiger partial charge on any atom is -0.872 e. The summed E-state index contributed by atoms with van der Waals surface area (Å²) in [5.74, 6) is 0.638. The van der Waals surface area contributed by atoms with E-state index in [0.717, 1.165) is 42.6 Å². The molecule has 0 bridgehead atoms. The molecule has 10 heteroatoms. The van der Waals surface area contributed by atoms with E-state index in [1.165, 1.54) is 25.2 Å². The number of fused-ring (bicyclic) bond motifs is 1. The molecule has 7 nitrogen and oxygen atoms in total. The SMILES string of the molecule is CN(O)c1ccc(Sc2cc([O-])cc(Cl)c2)c(S(=O)(=O)N[C@H]2CNCCC3CC[C@H]32)c1. The topological polar surface area (TPSA) is 105 Å². The lowest BCUT2D eigenvalue weighted by Crippen LogP contribution is -2.49. The van der Waals surface area contributed by atoms with Gasteiger partial charge in [-0.25, -0.2) is 13.1 Å². The Morgan fingerprint density at radius 2 is 2.03 bits per heavy atom. The lowest BCUT2D eigenvalue weighted by molar-refractivity contribution is -0.268. The van der Waals surface area contributed by atoms with Gasteiger partial charge in [0.2, 0.25) is 10.0 Å². The number of halogens is 1. The van der Waals surface area contributed by atoms with Crippen LogP contribution in [-0.4, -0.2) is 39.8 Å². The van der Waals surface area contributed by atoms with Crippen molar-refractivity contribution in [1.82, 2.24) is 10.0 Å². The van der Waals surface area contributed by atoms with E-state index in [-0.39, 0.29) is 16.7 Å². The number of nitrogens with zero attached hydrogens (tertiary/aromatic N) is 1. The van der Waals surface area contributed by atoms with Crippen LogP contribution in [0.1, 0.15) is 19.3 Å². The van der Waals surface area contributed by atoms with Gasteiger partial charge in [0.1, 0.15) is 0 Å². The smallest absolute Gasteiger partial charge is 0.242 e. The molecule has 1 saturated heterocycles. The molecule has 1 aliphatic carbocycles. The largest absolute Gasteiger partial charge is 0.872 e. The van der Waals surface area contributed by atoms with Gasteiger partial charge in [-0.2, -0.15) is 0 Å². The van der Waals surface area contributed by atoms with Crippen LogP contribution in [0.4, 0.5) is 5.69 Å². The summed E-state index contributed by atoms with van der Waals surface area (Å²) in [6.45, 7) is 1.49. The molecule has 2 fully saturated rings. The zero-order valence-corrected chi connectivity index (χ0v) is 19.4. The summed E-state index contributed by atoms with van der Waals surface area (Å²) in [6.07, 6.45) is 3.24. The van der Waals surface area contributed by atoms with Crippen molar-refractivity contribution in [3.63, 3.8) is 0 Å². The molecular weight excluding hydrogens is 458 g/mol. The number of hydrogen-bond acceptors (Lipinski definition) is 7. The van der Waals surface area contributed by atoms with Crippen LogP contribution in [0.3, 0.4) is 0 Å². The molecule has 1 aliphatic heterocycles. The molecule has 0 amide bonds. The number of hydroxylamine groups is 1. The zero-order chi connectivity index (χ0) is 22.2. The molecule has 168 valence electrons. The zero-order valence-electron chi connectivity index (χ0n) is 17.0. The Morgan fingerprint density at radius 3 is 2.71 bits per heavy atom. The summed E-state index contributed by atoms with van der Waals surface area (Å²) < 4.78 is 29.8. The quantitative estimate of drug-likeness (QED) is 0.543. The van der Waals surface area contributed by atoms with Crippen LogP contribution in [0.5, 0.6) is 5.75 Å². The average Bonchev–Trinajstić information content (AvgIpc) is 2.78. The van der Waals surface area contributed by atoms with Gasteiger partial charge in [0.25, 0.3) is 0 Å². The number of hydrogen-bond donors (Lipinski definition) is 3. The van der Waals surface area contributed by atoms with Gasteiger partial charge in [-0.1, -0.05) is 35.5 Å². The van der Waals surface area contributed by atoms with E-state index in [0.29, 0.717) is 38.9 Å². The lowest BCUT2D eigenvalue weighted by atomic mass is 9.69. The van der Waals surface area contributed by atoms with E-state index < -0.39 is 10.0 Å². The Labute approximate surface area is 191 Å². The average molecular weight is 483 g/mol. The summed E-state index contributed by atoms with van der Waals surface area (Å²) in [7, 11) is -2.45. The first kappa shape index (κ1) is 22.7. The second kappa shape index (κ2) is 9.17. The van der Waals surface area contributed by atoms with Crippen LogP contribution in [0.25, 0.3) is 0 Å². The third-order valence-corrected chi connectivity index (χ3v) is 8.94. The Hall–Kier alpha value is -1.49. The predicted octanol–water partition coefficient (Wildman–Crippen LogP) is 3.06. The van der Waals surface area contributed by atoms with E-state index in [1.807, 2.05) is 0 Å². The van der Waals surface area contributed by atoms with E-state index in [4.69, 9.17) is 11.6 Å². The van der Waals surface area contributed by atoms with Crippen LogP contribution >= 0.6 is 23.4 Å². The fraction of sp³-hybridized carbons (Fsp3) is 0.429. The number of anilines is 1. The van der Waals surface area contributed by atoms with Crippen molar-refractivity contribution in [1.29, 1.82) is 0 Å². The Balaban J connectivity index is 1.67. The molecule has 2 aromatic carbocycles. The third-order valence-electron chi connectivity index (χ3n) is 6.02. The Bertz CT molecular complexity index is 1040. The summed E-state index contributed by atoms with van der Waals surface area (Å²) in [6, 6.07) is 8.86. The lowest BCUT2D eigenvalue weighted by Gasteiger charge is -2.40. The van der Waals surface area contributed by atoms with Gasteiger partial charge in [0, 0.05) is 34.4 Å². The third kappa shape index (κ3) is 5.13. The van der Waals surface area contributed by atoms with Crippen LogP contribution in [0, 0.1) is 11.8 Å². The van der Waals surface area contributed by atoms with E-state index in [1.54, 1.807) is 18.2 Å². The van der Waals surface area contributed by atoms with Crippen molar-refractivity contribution in [3.8, 4) is 5.75 Å². The minimum atomic E-state index is -3.89. The maximum absolute atomic E-state index is 13.5. The molecule has 0 radical (unpaired) electrons. The van der Waals surface area contributed by atoms with Crippen LogP contribution in [0.15, 0.2) is 51.1 Å². The fourth-order valence-electron chi connectivity index (χ4n) is 4.29. The predicted molar refractivity (Wildman–Crippen MR) is 119 cm³/mol. The minimum absolute atomic E-state index is 0.0587. The Kier molecular flexibility index (Phi) is 6.71. The molecule has 1 saturated carbocycles. The van der Waals surface area contributed by atoms with Crippen molar-refractivity contribution < 1.29 is 18.7 Å². The maximum atomic E-state index is 13.5. The molecule has 3 N–H and O–H groups in total. The highest BCUT2D eigenvalue weighted by molar-refractivity contribution is 8.00. The highest BCUT2D eigenvalue weighted by Crippen LogP contribution is 2.41. The first-order chi connectivity index (χ1) is 14.7. The second-order valence-corrected chi connectivity index (χ2v) is 11.3. The molecule has 2 aliphatic rings. The van der Waals surface area contributed by atoms with Crippen molar-refractivity contribution in [3.05, 3.63) is 41.4 Å². The Morgan fingerprint density at radius 1 is 1.23 bits per heavy atom. The van der Waals surface area contributed by atoms with Gasteiger partial charge in [-0.05, 0) is 61.9 Å². The van der Waals surface area contributed by atoms with Crippen LogP contribution in [0.2, 0.25) is 5.02 Å². The molecule has 2 aromatic rings. The van der Waals surface area contributed by atoms with Gasteiger partial charge in [-0.3, -0.25) is 10.3 Å². The molecular formula is C21H25ClN3O4S2-. The van der Waals surface area contributed by atoms with Gasteiger partial charge < -0.3 is 10.4 Å². The van der Waals surface area contributed by atoms with Gasteiger partial charge in [-0.15, -0.1) is 5.75 Å². The van der Waals surface area contributed by atoms with E-state index in [2.05, 4.69) is 10.0 Å². The van der Waals surface area contributed by atoms with Crippen molar-refractivity contribution in [2.24, 2.45) is 11.8 Å². The monoisotopic (exact) mass is 482 g/mol.